The van der Waals surface area contributed by atoms with E-state index in [4.69, 9.17) is 12.2 Å². The molecule has 1 aromatic rings. The lowest BCUT2D eigenvalue weighted by Gasteiger charge is -2.05. The molecule has 0 radical (unpaired) electrons. The second-order valence-electron chi connectivity index (χ2n) is 3.10. The number of aromatic amines is 2. The van der Waals surface area contributed by atoms with E-state index < -0.39 is 0 Å². The van der Waals surface area contributed by atoms with Gasteiger partial charge < -0.3 is 0 Å². The molecule has 3 nitrogen and oxygen atoms in total. The van der Waals surface area contributed by atoms with Crippen molar-refractivity contribution in [3.8, 4) is 0 Å². The molecule has 0 aliphatic carbocycles. The molecule has 0 saturated carbocycles. The normalized spacial score (nSPS) is 13.2. The topological polar surface area (TPSA) is 44.5 Å². The van der Waals surface area contributed by atoms with Crippen molar-refractivity contribution in [2.75, 3.05) is 0 Å². The maximum absolute atomic E-state index is 4.87. The average Bonchev–Trinajstić information content (AvgIpc) is 2.47. The van der Waals surface area contributed by atoms with Crippen molar-refractivity contribution in [1.82, 2.24) is 15.2 Å². The molecular formula is C8H15N3S. The maximum atomic E-state index is 4.87. The number of H-pyrrole nitrogens is 2. The zero-order chi connectivity index (χ0) is 8.97. The van der Waals surface area contributed by atoms with Crippen molar-refractivity contribution in [1.29, 1.82) is 0 Å². The third-order valence-corrected chi connectivity index (χ3v) is 2.17. The number of hydrogen-bond donors (Lipinski definition) is 2. The van der Waals surface area contributed by atoms with Gasteiger partial charge >= 0.3 is 0 Å². The molecule has 68 valence electrons. The van der Waals surface area contributed by atoms with Gasteiger partial charge in [-0.2, -0.15) is 0 Å². The largest absolute Gasteiger partial charge is 0.285 e. The van der Waals surface area contributed by atoms with Crippen LogP contribution in [0, 0.1) is 4.77 Å². The van der Waals surface area contributed by atoms with E-state index in [1.165, 1.54) is 19.3 Å². The summed E-state index contributed by atoms with van der Waals surface area (Å²) in [5.74, 6) is 1.46. The van der Waals surface area contributed by atoms with Crippen LogP contribution in [-0.2, 0) is 0 Å². The zero-order valence-corrected chi connectivity index (χ0v) is 8.37. The SMILES string of the molecule is CCCCC(C)c1nc(=S)[nH][nH]1. The average molecular weight is 185 g/mol. The van der Waals surface area contributed by atoms with Crippen LogP contribution in [0.5, 0.6) is 0 Å². The van der Waals surface area contributed by atoms with E-state index in [-0.39, 0.29) is 0 Å². The smallest absolute Gasteiger partial charge is 0.213 e. The van der Waals surface area contributed by atoms with E-state index >= 15 is 0 Å². The Morgan fingerprint density at radius 1 is 1.50 bits per heavy atom. The van der Waals surface area contributed by atoms with Gasteiger partial charge in [0, 0.05) is 5.92 Å². The standard InChI is InChI=1S/C8H15N3S/c1-3-4-5-6(2)7-9-8(12)11-10-7/h6H,3-5H2,1-2H3,(H2,9,10,11,12). The highest BCUT2D eigenvalue weighted by molar-refractivity contribution is 7.71. The molecule has 4 heteroatoms. The number of aromatic nitrogens is 3. The molecule has 1 unspecified atom stereocenters. The molecule has 0 saturated heterocycles. The summed E-state index contributed by atoms with van der Waals surface area (Å²) in [6, 6.07) is 0. The minimum Gasteiger partial charge on any atom is -0.285 e. The Kier molecular flexibility index (Phi) is 3.47. The fourth-order valence-electron chi connectivity index (χ4n) is 1.16. The van der Waals surface area contributed by atoms with Gasteiger partial charge in [-0.3, -0.25) is 10.2 Å². The first-order chi connectivity index (χ1) is 5.74. The number of nitrogens with zero attached hydrogens (tertiary/aromatic N) is 1. The second-order valence-corrected chi connectivity index (χ2v) is 3.48. The minimum absolute atomic E-state index is 0.484. The van der Waals surface area contributed by atoms with Crippen LogP contribution in [0.25, 0.3) is 0 Å². The molecule has 1 rings (SSSR count). The van der Waals surface area contributed by atoms with Crippen molar-refractivity contribution in [2.24, 2.45) is 0 Å². The molecule has 0 bridgehead atoms. The first-order valence-electron chi connectivity index (χ1n) is 4.38. The van der Waals surface area contributed by atoms with Gasteiger partial charge in [0.2, 0.25) is 4.77 Å². The lowest BCUT2D eigenvalue weighted by molar-refractivity contribution is 0.597. The Morgan fingerprint density at radius 3 is 2.75 bits per heavy atom. The fraction of sp³-hybridized carbons (Fsp3) is 0.750. The fourth-order valence-corrected chi connectivity index (χ4v) is 1.31. The van der Waals surface area contributed by atoms with Crippen LogP contribution in [0.1, 0.15) is 44.9 Å². The second kappa shape index (κ2) is 4.40. The van der Waals surface area contributed by atoms with Crippen LogP contribution >= 0.6 is 12.2 Å². The van der Waals surface area contributed by atoms with Gasteiger partial charge in [0.05, 0.1) is 0 Å². The first-order valence-corrected chi connectivity index (χ1v) is 4.79. The highest BCUT2D eigenvalue weighted by atomic mass is 32.1. The van der Waals surface area contributed by atoms with Gasteiger partial charge in [0.15, 0.2) is 0 Å². The van der Waals surface area contributed by atoms with Crippen LogP contribution in [0.4, 0.5) is 0 Å². The predicted molar refractivity (Wildman–Crippen MR) is 51.7 cm³/mol. The summed E-state index contributed by atoms with van der Waals surface area (Å²) in [6.45, 7) is 4.36. The van der Waals surface area contributed by atoms with Gasteiger partial charge in [-0.15, -0.1) is 0 Å². The predicted octanol–water partition coefficient (Wildman–Crippen LogP) is 2.76. The Morgan fingerprint density at radius 2 is 2.25 bits per heavy atom. The highest BCUT2D eigenvalue weighted by Crippen LogP contribution is 2.16. The molecule has 0 fully saturated rings. The number of nitrogens with one attached hydrogen (secondary N) is 2. The lowest BCUT2D eigenvalue weighted by atomic mass is 10.0. The van der Waals surface area contributed by atoms with E-state index in [1.54, 1.807) is 0 Å². The molecular weight excluding hydrogens is 170 g/mol. The van der Waals surface area contributed by atoms with Gasteiger partial charge in [-0.1, -0.05) is 26.7 Å². The van der Waals surface area contributed by atoms with E-state index in [9.17, 15) is 0 Å². The van der Waals surface area contributed by atoms with Crippen molar-refractivity contribution in [3.63, 3.8) is 0 Å². The van der Waals surface area contributed by atoms with Crippen molar-refractivity contribution >= 4 is 12.2 Å². The summed E-state index contributed by atoms with van der Waals surface area (Å²) >= 11 is 4.87. The summed E-state index contributed by atoms with van der Waals surface area (Å²) < 4.78 is 0.549. The van der Waals surface area contributed by atoms with Crippen LogP contribution in [0.2, 0.25) is 0 Å². The van der Waals surface area contributed by atoms with Crippen LogP contribution in [0.3, 0.4) is 0 Å². The molecule has 1 heterocycles. The molecule has 0 aliphatic rings. The van der Waals surface area contributed by atoms with E-state index in [1.807, 2.05) is 0 Å². The Balaban J connectivity index is 2.53. The molecule has 0 aliphatic heterocycles. The summed E-state index contributed by atoms with van der Waals surface area (Å²) in [5.41, 5.74) is 0. The van der Waals surface area contributed by atoms with Gasteiger partial charge in [0.1, 0.15) is 5.82 Å². The molecule has 1 atom stereocenters. The van der Waals surface area contributed by atoms with Crippen LogP contribution in [-0.4, -0.2) is 15.2 Å². The Hall–Kier alpha value is -0.640. The van der Waals surface area contributed by atoms with Crippen molar-refractivity contribution in [2.45, 2.75) is 39.0 Å². The summed E-state index contributed by atoms with van der Waals surface area (Å²) in [5, 5.41) is 5.78. The van der Waals surface area contributed by atoms with E-state index in [2.05, 4.69) is 29.0 Å². The number of hydrogen-bond acceptors (Lipinski definition) is 2. The molecule has 12 heavy (non-hydrogen) atoms. The van der Waals surface area contributed by atoms with Crippen LogP contribution < -0.4 is 0 Å². The third kappa shape index (κ3) is 2.44. The summed E-state index contributed by atoms with van der Waals surface area (Å²) in [6.07, 6.45) is 3.65. The molecule has 0 amide bonds. The Bertz CT molecular complexity index is 276. The third-order valence-electron chi connectivity index (χ3n) is 1.98. The minimum atomic E-state index is 0.484. The number of unbranched alkanes of at least 4 members (excludes halogenated alkanes) is 1. The monoisotopic (exact) mass is 185 g/mol. The first kappa shape index (κ1) is 9.45. The molecule has 0 aromatic carbocycles. The van der Waals surface area contributed by atoms with Gasteiger partial charge in [-0.05, 0) is 18.6 Å². The summed E-state index contributed by atoms with van der Waals surface area (Å²) in [7, 11) is 0. The number of rotatable bonds is 4. The van der Waals surface area contributed by atoms with E-state index in [0.29, 0.717) is 10.7 Å². The molecule has 1 aromatic heterocycles. The van der Waals surface area contributed by atoms with Gasteiger partial charge in [-0.25, -0.2) is 4.98 Å². The Labute approximate surface area is 77.6 Å². The van der Waals surface area contributed by atoms with Gasteiger partial charge in [0.25, 0.3) is 0 Å². The van der Waals surface area contributed by atoms with Crippen molar-refractivity contribution < 1.29 is 0 Å². The van der Waals surface area contributed by atoms with Crippen molar-refractivity contribution in [3.05, 3.63) is 10.6 Å². The molecule has 0 spiro atoms. The maximum Gasteiger partial charge on any atom is 0.213 e. The lowest BCUT2D eigenvalue weighted by Crippen LogP contribution is -1.95. The summed E-state index contributed by atoms with van der Waals surface area (Å²) in [4.78, 5) is 4.17. The van der Waals surface area contributed by atoms with E-state index in [0.717, 1.165) is 5.82 Å². The quantitative estimate of drug-likeness (QED) is 0.708. The highest BCUT2D eigenvalue weighted by Gasteiger charge is 2.06. The molecule has 2 N–H and O–H groups in total. The van der Waals surface area contributed by atoms with Crippen LogP contribution in [0.15, 0.2) is 0 Å². The zero-order valence-electron chi connectivity index (χ0n) is 7.55.